The van der Waals surface area contributed by atoms with E-state index in [1.54, 1.807) is 10.9 Å². The lowest BCUT2D eigenvalue weighted by Gasteiger charge is -2.37. The van der Waals surface area contributed by atoms with E-state index in [2.05, 4.69) is 56.7 Å². The molecule has 0 unspecified atom stereocenters. The highest BCUT2D eigenvalue weighted by molar-refractivity contribution is 5.89. The molecule has 6 rings (SSSR count). The molecule has 0 spiro atoms. The van der Waals surface area contributed by atoms with Crippen LogP contribution in [0.25, 0.3) is 11.2 Å². The predicted octanol–water partition coefficient (Wildman–Crippen LogP) is 5.74. The Bertz CT molecular complexity index is 1460. The maximum absolute atomic E-state index is 13.1. The Morgan fingerprint density at radius 3 is 1.89 bits per heavy atom. The predicted molar refractivity (Wildman–Crippen MR) is 147 cm³/mol. The second-order valence-electron chi connectivity index (χ2n) is 9.65. The average Bonchev–Trinajstić information content (AvgIpc) is 3.54. The van der Waals surface area contributed by atoms with Crippen molar-refractivity contribution in [3.05, 3.63) is 120 Å². The SMILES string of the molecule is CC[C@H]1O[C@@H](n2cnc3c(NC(c4ccccc4)(c4ccccc4)c4ccccc4)ncnc32)C(=O)[C@H]1C. The molecule has 2 aromatic heterocycles. The van der Waals surface area contributed by atoms with E-state index in [0.29, 0.717) is 17.0 Å². The molecule has 3 atom stereocenters. The molecule has 0 amide bonds. The highest BCUT2D eigenvalue weighted by atomic mass is 16.5. The quantitative estimate of drug-likeness (QED) is 0.285. The van der Waals surface area contributed by atoms with Gasteiger partial charge in [0.2, 0.25) is 0 Å². The Balaban J connectivity index is 1.53. The molecule has 3 heterocycles. The molecule has 3 aromatic carbocycles. The van der Waals surface area contributed by atoms with Crippen LogP contribution < -0.4 is 5.32 Å². The third-order valence-electron chi connectivity index (χ3n) is 7.49. The molecule has 0 saturated carbocycles. The van der Waals surface area contributed by atoms with Crippen LogP contribution >= 0.6 is 0 Å². The summed E-state index contributed by atoms with van der Waals surface area (Å²) in [6, 6.07) is 30.9. The van der Waals surface area contributed by atoms with Crippen molar-refractivity contribution in [1.82, 2.24) is 19.5 Å². The van der Waals surface area contributed by atoms with E-state index in [-0.39, 0.29) is 17.8 Å². The van der Waals surface area contributed by atoms with Crippen LogP contribution in [-0.4, -0.2) is 31.4 Å². The van der Waals surface area contributed by atoms with Crippen molar-refractivity contribution in [2.24, 2.45) is 5.92 Å². The third-order valence-corrected chi connectivity index (χ3v) is 7.49. The fourth-order valence-electron chi connectivity index (χ4n) is 5.48. The van der Waals surface area contributed by atoms with Gasteiger partial charge in [-0.1, -0.05) is 105 Å². The maximum atomic E-state index is 13.1. The first kappa shape index (κ1) is 24.0. The summed E-state index contributed by atoms with van der Waals surface area (Å²) < 4.78 is 7.86. The minimum absolute atomic E-state index is 0.0384. The third kappa shape index (κ3) is 3.87. The van der Waals surface area contributed by atoms with E-state index in [4.69, 9.17) is 4.74 Å². The van der Waals surface area contributed by atoms with Crippen molar-refractivity contribution in [2.75, 3.05) is 5.32 Å². The van der Waals surface area contributed by atoms with Crippen molar-refractivity contribution < 1.29 is 9.53 Å². The van der Waals surface area contributed by atoms with Gasteiger partial charge in [-0.3, -0.25) is 9.36 Å². The van der Waals surface area contributed by atoms with Gasteiger partial charge >= 0.3 is 0 Å². The lowest BCUT2D eigenvalue weighted by Crippen LogP contribution is -2.38. The summed E-state index contributed by atoms with van der Waals surface area (Å²) in [6.07, 6.45) is 3.05. The number of carbonyl (C=O) groups is 1. The van der Waals surface area contributed by atoms with E-state index >= 15 is 0 Å². The van der Waals surface area contributed by atoms with Crippen LogP contribution in [-0.2, 0) is 15.1 Å². The summed E-state index contributed by atoms with van der Waals surface area (Å²) in [6.45, 7) is 3.95. The second kappa shape index (κ2) is 9.84. The number of hydrogen-bond acceptors (Lipinski definition) is 6. The van der Waals surface area contributed by atoms with Crippen LogP contribution in [0.1, 0.15) is 43.2 Å². The first-order chi connectivity index (χ1) is 18.6. The lowest BCUT2D eigenvalue weighted by molar-refractivity contribution is -0.128. The zero-order valence-electron chi connectivity index (χ0n) is 21.4. The zero-order valence-corrected chi connectivity index (χ0v) is 21.4. The molecule has 1 aliphatic heterocycles. The number of carbonyl (C=O) groups excluding carboxylic acids is 1. The normalized spacial score (nSPS) is 19.6. The molecule has 1 fully saturated rings. The largest absolute Gasteiger partial charge is 0.351 e. The number of nitrogens with zero attached hydrogens (tertiary/aromatic N) is 4. The topological polar surface area (TPSA) is 81.9 Å². The first-order valence-electron chi connectivity index (χ1n) is 12.9. The van der Waals surface area contributed by atoms with Gasteiger partial charge in [-0.05, 0) is 23.1 Å². The number of ether oxygens (including phenoxy) is 1. The zero-order chi connectivity index (χ0) is 26.1. The molecule has 1 saturated heterocycles. The molecule has 7 heteroatoms. The smallest absolute Gasteiger partial charge is 0.196 e. The maximum Gasteiger partial charge on any atom is 0.196 e. The van der Waals surface area contributed by atoms with Gasteiger partial charge in [-0.2, -0.15) is 0 Å². The van der Waals surface area contributed by atoms with Gasteiger partial charge in [0.25, 0.3) is 0 Å². The first-order valence-corrected chi connectivity index (χ1v) is 12.9. The summed E-state index contributed by atoms with van der Waals surface area (Å²) >= 11 is 0. The van der Waals surface area contributed by atoms with E-state index < -0.39 is 11.8 Å². The summed E-state index contributed by atoms with van der Waals surface area (Å²) in [5, 5.41) is 3.78. The van der Waals surface area contributed by atoms with Gasteiger partial charge < -0.3 is 10.1 Å². The molecule has 38 heavy (non-hydrogen) atoms. The van der Waals surface area contributed by atoms with Crippen LogP contribution in [0.15, 0.2) is 104 Å². The summed E-state index contributed by atoms with van der Waals surface area (Å²) in [7, 11) is 0. The highest BCUT2D eigenvalue weighted by Gasteiger charge is 2.42. The van der Waals surface area contributed by atoms with Gasteiger partial charge in [-0.25, -0.2) is 15.0 Å². The Kier molecular flexibility index (Phi) is 6.21. The monoisotopic (exact) mass is 503 g/mol. The number of imidazole rings is 1. The molecule has 190 valence electrons. The summed E-state index contributed by atoms with van der Waals surface area (Å²) in [4.78, 5) is 26.9. The number of anilines is 1. The Morgan fingerprint density at radius 1 is 0.842 bits per heavy atom. The Labute approximate surface area is 221 Å². The van der Waals surface area contributed by atoms with Gasteiger partial charge in [0.05, 0.1) is 12.4 Å². The molecular formula is C31H29N5O2. The van der Waals surface area contributed by atoms with Gasteiger partial charge in [0.1, 0.15) is 11.9 Å². The number of Topliss-reactive ketones (excluding diaryl/α,β-unsaturated/α-hetero) is 1. The van der Waals surface area contributed by atoms with Crippen LogP contribution in [0, 0.1) is 5.92 Å². The fraction of sp³-hybridized carbons (Fsp3) is 0.226. The fourth-order valence-corrected chi connectivity index (χ4v) is 5.48. The Morgan fingerprint density at radius 2 is 1.39 bits per heavy atom. The van der Waals surface area contributed by atoms with Crippen molar-refractivity contribution >= 4 is 22.8 Å². The van der Waals surface area contributed by atoms with Gasteiger partial charge in [0, 0.05) is 5.92 Å². The van der Waals surface area contributed by atoms with Crippen molar-refractivity contribution in [3.8, 4) is 0 Å². The molecule has 5 aromatic rings. The van der Waals surface area contributed by atoms with E-state index in [1.165, 1.54) is 6.33 Å². The molecule has 1 aliphatic rings. The number of benzene rings is 3. The minimum atomic E-state index is -0.768. The number of fused-ring (bicyclic) bond motifs is 1. The van der Waals surface area contributed by atoms with Crippen LogP contribution in [0.5, 0.6) is 0 Å². The minimum Gasteiger partial charge on any atom is -0.351 e. The van der Waals surface area contributed by atoms with Gasteiger partial charge in [0.15, 0.2) is 29.0 Å². The van der Waals surface area contributed by atoms with E-state index in [9.17, 15) is 4.79 Å². The number of aromatic nitrogens is 4. The second-order valence-corrected chi connectivity index (χ2v) is 9.65. The summed E-state index contributed by atoms with van der Waals surface area (Å²) in [5.41, 5.74) is 3.51. The number of nitrogens with one attached hydrogen (secondary N) is 1. The summed E-state index contributed by atoms with van der Waals surface area (Å²) in [5.74, 6) is 0.427. The highest BCUT2D eigenvalue weighted by Crippen LogP contribution is 2.41. The molecule has 1 N–H and O–H groups in total. The Hall–Kier alpha value is -4.36. The molecule has 0 radical (unpaired) electrons. The van der Waals surface area contributed by atoms with E-state index in [1.807, 2.05) is 68.4 Å². The van der Waals surface area contributed by atoms with Crippen molar-refractivity contribution in [2.45, 2.75) is 38.1 Å². The van der Waals surface area contributed by atoms with Crippen LogP contribution in [0.4, 0.5) is 5.82 Å². The van der Waals surface area contributed by atoms with Crippen molar-refractivity contribution in [3.63, 3.8) is 0 Å². The van der Waals surface area contributed by atoms with E-state index in [0.717, 1.165) is 23.1 Å². The lowest BCUT2D eigenvalue weighted by atomic mass is 9.77. The number of rotatable bonds is 7. The van der Waals surface area contributed by atoms with Crippen LogP contribution in [0.2, 0.25) is 0 Å². The number of ketones is 1. The molecule has 7 nitrogen and oxygen atoms in total. The van der Waals surface area contributed by atoms with Crippen molar-refractivity contribution in [1.29, 1.82) is 0 Å². The molecule has 0 bridgehead atoms. The standard InChI is InChI=1S/C31H29N5O2/c1-3-25-21(2)27(37)30(38-25)36-20-34-26-28(32-19-33-29(26)36)35-31(22-13-7-4-8-14-22,23-15-9-5-10-16-23)24-17-11-6-12-18-24/h4-21,25,30H,3H2,1-2H3,(H,32,33,35)/t21-,25+,30+/m0/s1. The number of hydrogen-bond donors (Lipinski definition) is 1. The van der Waals surface area contributed by atoms with Gasteiger partial charge in [-0.15, -0.1) is 0 Å². The van der Waals surface area contributed by atoms with Crippen LogP contribution in [0.3, 0.4) is 0 Å². The molecule has 0 aliphatic carbocycles. The average molecular weight is 504 g/mol. The molecular weight excluding hydrogens is 474 g/mol.